The smallest absolute Gasteiger partial charge is 0.255 e. The highest BCUT2D eigenvalue weighted by atomic mass is 16.3. The van der Waals surface area contributed by atoms with E-state index >= 15 is 0 Å². The normalized spacial score (nSPS) is 16.6. The summed E-state index contributed by atoms with van der Waals surface area (Å²) in [6.45, 7) is 3.28. The number of piperidine rings is 1. The summed E-state index contributed by atoms with van der Waals surface area (Å²) in [6.07, 6.45) is 1.83. The van der Waals surface area contributed by atoms with E-state index in [1.807, 2.05) is 30.7 Å². The van der Waals surface area contributed by atoms with Crippen molar-refractivity contribution in [3.63, 3.8) is 0 Å². The van der Waals surface area contributed by atoms with Crippen LogP contribution >= 0.6 is 0 Å². The summed E-state index contributed by atoms with van der Waals surface area (Å²) in [6, 6.07) is 12.4. The van der Waals surface area contributed by atoms with Crippen LogP contribution in [0.15, 0.2) is 42.5 Å². The summed E-state index contributed by atoms with van der Waals surface area (Å²) >= 11 is 0. The number of fused-ring (bicyclic) bond motifs is 1. The number of likely N-dealkylation sites (tertiary alicyclic amines) is 1. The molecule has 7 heteroatoms. The van der Waals surface area contributed by atoms with Crippen molar-refractivity contribution in [2.24, 2.45) is 13.0 Å². The summed E-state index contributed by atoms with van der Waals surface area (Å²) in [7, 11) is 1.92. The summed E-state index contributed by atoms with van der Waals surface area (Å²) < 4.78 is 1.95. The van der Waals surface area contributed by atoms with Crippen molar-refractivity contribution in [1.82, 2.24) is 14.5 Å². The van der Waals surface area contributed by atoms with Gasteiger partial charge in [-0.3, -0.25) is 9.59 Å². The van der Waals surface area contributed by atoms with Crippen molar-refractivity contribution in [3.05, 3.63) is 59.4 Å². The lowest BCUT2D eigenvalue weighted by Crippen LogP contribution is -2.40. The molecular weight excluding hydrogens is 380 g/mol. The predicted molar refractivity (Wildman–Crippen MR) is 116 cm³/mol. The van der Waals surface area contributed by atoms with E-state index in [-0.39, 0.29) is 24.3 Å². The molecule has 1 atom stereocenters. The van der Waals surface area contributed by atoms with Gasteiger partial charge >= 0.3 is 0 Å². The zero-order valence-electron chi connectivity index (χ0n) is 17.3. The van der Waals surface area contributed by atoms with Gasteiger partial charge in [0.15, 0.2) is 0 Å². The van der Waals surface area contributed by atoms with Crippen molar-refractivity contribution in [3.8, 4) is 0 Å². The van der Waals surface area contributed by atoms with Crippen LogP contribution in [0.25, 0.3) is 11.0 Å². The molecule has 1 saturated heterocycles. The Bertz CT molecular complexity index is 1110. The highest BCUT2D eigenvalue weighted by Crippen LogP contribution is 2.21. The fourth-order valence-corrected chi connectivity index (χ4v) is 3.97. The van der Waals surface area contributed by atoms with Gasteiger partial charge in [0.1, 0.15) is 5.82 Å². The van der Waals surface area contributed by atoms with Gasteiger partial charge in [-0.25, -0.2) is 4.98 Å². The van der Waals surface area contributed by atoms with Crippen LogP contribution in [-0.4, -0.2) is 51.1 Å². The largest absolute Gasteiger partial charge is 0.396 e. The third-order valence-corrected chi connectivity index (χ3v) is 5.80. The van der Waals surface area contributed by atoms with Gasteiger partial charge < -0.3 is 19.9 Å². The molecule has 0 radical (unpaired) electrons. The first-order valence-electron chi connectivity index (χ1n) is 10.2. The topological polar surface area (TPSA) is 87.5 Å². The molecule has 1 aliphatic heterocycles. The summed E-state index contributed by atoms with van der Waals surface area (Å²) in [5.41, 5.74) is 3.38. The van der Waals surface area contributed by atoms with Crippen LogP contribution < -0.4 is 5.32 Å². The molecule has 0 bridgehead atoms. The lowest BCUT2D eigenvalue weighted by atomic mass is 9.98. The number of benzene rings is 2. The van der Waals surface area contributed by atoms with Gasteiger partial charge in [0.05, 0.1) is 11.0 Å². The second-order valence-electron chi connectivity index (χ2n) is 7.90. The van der Waals surface area contributed by atoms with E-state index in [0.29, 0.717) is 29.9 Å². The first kappa shape index (κ1) is 20.1. The van der Waals surface area contributed by atoms with Crippen molar-refractivity contribution in [1.29, 1.82) is 0 Å². The minimum absolute atomic E-state index is 0.0731. The molecule has 2 heterocycles. The maximum atomic E-state index is 12.9. The molecule has 2 N–H and O–H groups in total. The fourth-order valence-electron chi connectivity index (χ4n) is 3.97. The van der Waals surface area contributed by atoms with Crippen LogP contribution in [-0.2, 0) is 7.05 Å². The quantitative estimate of drug-likeness (QED) is 0.697. The Morgan fingerprint density at radius 3 is 2.83 bits per heavy atom. The first-order valence-corrected chi connectivity index (χ1v) is 10.2. The lowest BCUT2D eigenvalue weighted by Gasteiger charge is -2.32. The number of nitrogens with one attached hydrogen (secondary N) is 1. The van der Waals surface area contributed by atoms with E-state index in [1.165, 1.54) is 0 Å². The number of aromatic nitrogens is 2. The van der Waals surface area contributed by atoms with Crippen LogP contribution in [0.2, 0.25) is 0 Å². The van der Waals surface area contributed by atoms with Gasteiger partial charge in [0.25, 0.3) is 11.8 Å². The standard InChI is InChI=1S/C23H26N4O3/c1-15-24-20-9-8-17(12-21(20)26(15)2)22(29)25-19-7-3-6-18(11-19)23(30)27-10-4-5-16(13-27)14-28/h3,6-9,11-12,16,28H,4-5,10,13-14H2,1-2H3,(H,25,29). The molecule has 1 aliphatic rings. The molecule has 7 nitrogen and oxygen atoms in total. The zero-order chi connectivity index (χ0) is 21.3. The summed E-state index contributed by atoms with van der Waals surface area (Å²) in [5, 5.41) is 12.3. The van der Waals surface area contributed by atoms with E-state index in [0.717, 1.165) is 29.7 Å². The number of nitrogens with zero attached hydrogens (tertiary/aromatic N) is 3. The Morgan fingerprint density at radius 1 is 1.20 bits per heavy atom. The SMILES string of the molecule is Cc1nc2ccc(C(=O)Nc3cccc(C(=O)N4CCCC(CO)C4)c3)cc2n1C. The zero-order valence-corrected chi connectivity index (χ0v) is 17.3. The summed E-state index contributed by atoms with van der Waals surface area (Å²) in [5.74, 6) is 0.709. The van der Waals surface area contributed by atoms with E-state index in [4.69, 9.17) is 0 Å². The highest BCUT2D eigenvalue weighted by molar-refractivity contribution is 6.06. The minimum Gasteiger partial charge on any atom is -0.396 e. The number of imidazole rings is 1. The third kappa shape index (κ3) is 3.93. The maximum absolute atomic E-state index is 12.9. The van der Waals surface area contributed by atoms with Gasteiger partial charge in [-0.05, 0) is 62.1 Å². The highest BCUT2D eigenvalue weighted by Gasteiger charge is 2.24. The van der Waals surface area contributed by atoms with Crippen LogP contribution in [0, 0.1) is 12.8 Å². The molecule has 2 amide bonds. The molecule has 0 aliphatic carbocycles. The number of anilines is 1. The van der Waals surface area contributed by atoms with Gasteiger partial charge in [-0.1, -0.05) is 6.07 Å². The minimum atomic E-state index is -0.237. The van der Waals surface area contributed by atoms with Crippen molar-refractivity contribution < 1.29 is 14.7 Å². The van der Waals surface area contributed by atoms with Crippen LogP contribution in [0.1, 0.15) is 39.4 Å². The number of carbonyl (C=O) groups excluding carboxylic acids is 2. The summed E-state index contributed by atoms with van der Waals surface area (Å²) in [4.78, 5) is 31.9. The monoisotopic (exact) mass is 406 g/mol. The molecule has 3 aromatic rings. The Kier molecular flexibility index (Phi) is 5.55. The van der Waals surface area contributed by atoms with Gasteiger partial charge in [0, 0.05) is 43.6 Å². The van der Waals surface area contributed by atoms with Gasteiger partial charge in [-0.15, -0.1) is 0 Å². The first-order chi connectivity index (χ1) is 14.5. The van der Waals surface area contributed by atoms with Crippen LogP contribution in [0.3, 0.4) is 0 Å². The average Bonchev–Trinajstić information content (AvgIpc) is 3.06. The Hall–Kier alpha value is -3.19. The molecule has 1 unspecified atom stereocenters. The number of aliphatic hydroxyl groups is 1. The lowest BCUT2D eigenvalue weighted by molar-refractivity contribution is 0.0620. The third-order valence-electron chi connectivity index (χ3n) is 5.80. The second kappa shape index (κ2) is 8.28. The molecule has 4 rings (SSSR count). The molecule has 0 spiro atoms. The molecule has 156 valence electrons. The number of rotatable bonds is 4. The average molecular weight is 406 g/mol. The van der Waals surface area contributed by atoms with E-state index in [9.17, 15) is 14.7 Å². The predicted octanol–water partition coefficient (Wildman–Crippen LogP) is 2.98. The number of carbonyl (C=O) groups is 2. The fraction of sp³-hybridized carbons (Fsp3) is 0.348. The second-order valence-corrected chi connectivity index (χ2v) is 7.90. The number of hydrogen-bond acceptors (Lipinski definition) is 4. The number of aryl methyl sites for hydroxylation is 2. The molecule has 30 heavy (non-hydrogen) atoms. The Balaban J connectivity index is 1.51. The van der Waals surface area contributed by atoms with Gasteiger partial charge in [-0.2, -0.15) is 0 Å². The molecule has 0 saturated carbocycles. The number of amides is 2. The van der Waals surface area contributed by atoms with Gasteiger partial charge in [0.2, 0.25) is 0 Å². The number of aliphatic hydroxyl groups excluding tert-OH is 1. The van der Waals surface area contributed by atoms with E-state index < -0.39 is 0 Å². The van der Waals surface area contributed by atoms with Crippen molar-refractivity contribution >= 4 is 28.5 Å². The van der Waals surface area contributed by atoms with Crippen LogP contribution in [0.5, 0.6) is 0 Å². The Labute approximate surface area is 175 Å². The van der Waals surface area contributed by atoms with Crippen molar-refractivity contribution in [2.75, 3.05) is 25.0 Å². The Morgan fingerprint density at radius 2 is 2.03 bits per heavy atom. The van der Waals surface area contributed by atoms with Crippen molar-refractivity contribution in [2.45, 2.75) is 19.8 Å². The maximum Gasteiger partial charge on any atom is 0.255 e. The molecule has 1 aromatic heterocycles. The molecule has 1 fully saturated rings. The number of hydrogen-bond donors (Lipinski definition) is 2. The molecular formula is C23H26N4O3. The van der Waals surface area contributed by atoms with Crippen LogP contribution in [0.4, 0.5) is 5.69 Å². The molecule has 2 aromatic carbocycles. The van der Waals surface area contributed by atoms with E-state index in [1.54, 1.807) is 35.2 Å². The van der Waals surface area contributed by atoms with E-state index in [2.05, 4.69) is 10.3 Å².